The van der Waals surface area contributed by atoms with Crippen molar-refractivity contribution in [2.75, 3.05) is 0 Å². The molecule has 0 aliphatic rings. The standard InChI is InChI=1S/C48H30N2O5S/c51-44-43(45(52)47(54)48(55)46(44)53)50-38-18-10-8-16-32(38)34-23-36-35-22-33-31-15-7-9-17-37(31)49(39(33)24-41(35)56-42(36)25-40(34)50)30-20-28(26-11-3-1-4-12-26)19-29(21-30)27-13-5-2-6-14-27/h1-25,51-55H. The molecular formula is C48H30N2O5S. The van der Waals surface area contributed by atoms with E-state index in [-0.39, 0.29) is 5.69 Å². The molecule has 11 aromatic rings. The molecule has 5 N–H and O–H groups in total. The van der Waals surface area contributed by atoms with Crippen LogP contribution in [0.3, 0.4) is 0 Å². The van der Waals surface area contributed by atoms with Gasteiger partial charge in [-0.25, -0.2) is 0 Å². The van der Waals surface area contributed by atoms with Crippen molar-refractivity contribution in [2.45, 2.75) is 0 Å². The second-order valence-corrected chi connectivity index (χ2v) is 15.2. The van der Waals surface area contributed by atoms with E-state index in [4.69, 9.17) is 0 Å². The highest BCUT2D eigenvalue weighted by atomic mass is 32.1. The van der Waals surface area contributed by atoms with Gasteiger partial charge in [0.15, 0.2) is 11.5 Å². The SMILES string of the molecule is Oc1c(O)c(O)c(-n2c3ccccc3c3cc4c(cc32)sc2cc3c(cc24)c2ccccc2n3-c2cc(-c3ccccc3)cc(-c3ccccc3)c2)c(O)c1O. The van der Waals surface area contributed by atoms with Crippen molar-refractivity contribution in [1.29, 1.82) is 0 Å². The van der Waals surface area contributed by atoms with Gasteiger partial charge in [0, 0.05) is 47.4 Å². The van der Waals surface area contributed by atoms with Crippen molar-refractivity contribution in [1.82, 2.24) is 9.13 Å². The first-order chi connectivity index (χ1) is 27.4. The number of phenols is 5. The molecule has 3 aromatic heterocycles. The van der Waals surface area contributed by atoms with Gasteiger partial charge in [-0.3, -0.25) is 0 Å². The minimum absolute atomic E-state index is 0.233. The number of aromatic hydroxyl groups is 5. The largest absolute Gasteiger partial charge is 0.503 e. The molecule has 268 valence electrons. The molecule has 0 unspecified atom stereocenters. The Hall–Kier alpha value is -7.42. The average molecular weight is 747 g/mol. The van der Waals surface area contributed by atoms with Gasteiger partial charge in [0.2, 0.25) is 17.2 Å². The van der Waals surface area contributed by atoms with Crippen molar-refractivity contribution >= 4 is 75.1 Å². The van der Waals surface area contributed by atoms with Gasteiger partial charge in [-0.15, -0.1) is 11.3 Å². The van der Waals surface area contributed by atoms with Gasteiger partial charge in [-0.2, -0.15) is 0 Å². The minimum atomic E-state index is -0.997. The second-order valence-electron chi connectivity index (χ2n) is 14.1. The quantitative estimate of drug-likeness (QED) is 0.0909. The lowest BCUT2D eigenvalue weighted by molar-refractivity contribution is 0.327. The van der Waals surface area contributed by atoms with E-state index < -0.39 is 28.7 Å². The van der Waals surface area contributed by atoms with E-state index in [1.54, 1.807) is 15.9 Å². The molecule has 8 aromatic carbocycles. The number of para-hydroxylation sites is 2. The van der Waals surface area contributed by atoms with Crippen LogP contribution in [0, 0.1) is 0 Å². The van der Waals surface area contributed by atoms with Gasteiger partial charge >= 0.3 is 0 Å². The van der Waals surface area contributed by atoms with Crippen LogP contribution in [0.25, 0.3) is 97.4 Å². The number of nitrogens with zero attached hydrogens (tertiary/aromatic N) is 2. The Labute approximate surface area is 322 Å². The number of phenolic OH excluding ortho intramolecular Hbond substituents is 5. The predicted molar refractivity (Wildman–Crippen MR) is 227 cm³/mol. The number of hydrogen-bond acceptors (Lipinski definition) is 6. The Bertz CT molecular complexity index is 3330. The molecule has 0 amide bonds. The van der Waals surface area contributed by atoms with Crippen LogP contribution >= 0.6 is 11.3 Å². The van der Waals surface area contributed by atoms with Crippen LogP contribution < -0.4 is 0 Å². The molecule has 56 heavy (non-hydrogen) atoms. The monoisotopic (exact) mass is 746 g/mol. The minimum Gasteiger partial charge on any atom is -0.503 e. The fourth-order valence-corrected chi connectivity index (χ4v) is 9.57. The van der Waals surface area contributed by atoms with Crippen molar-refractivity contribution in [3.63, 3.8) is 0 Å². The molecule has 0 aliphatic heterocycles. The molecule has 8 heteroatoms. The summed E-state index contributed by atoms with van der Waals surface area (Å²) in [5.41, 5.74) is 8.84. The number of rotatable bonds is 4. The Morgan fingerprint density at radius 2 is 0.750 bits per heavy atom. The first kappa shape index (κ1) is 32.0. The highest BCUT2D eigenvalue weighted by Crippen LogP contribution is 2.54. The molecule has 0 bridgehead atoms. The van der Waals surface area contributed by atoms with E-state index in [0.29, 0.717) is 11.0 Å². The van der Waals surface area contributed by atoms with Crippen molar-refractivity contribution < 1.29 is 25.5 Å². The molecular weight excluding hydrogens is 717 g/mol. The molecule has 0 spiro atoms. The maximum absolute atomic E-state index is 11.1. The Morgan fingerprint density at radius 1 is 0.321 bits per heavy atom. The molecule has 7 nitrogen and oxygen atoms in total. The van der Waals surface area contributed by atoms with Gasteiger partial charge in [0.05, 0.1) is 22.1 Å². The zero-order valence-electron chi connectivity index (χ0n) is 29.5. The molecule has 3 heterocycles. The van der Waals surface area contributed by atoms with Crippen LogP contribution in [0.5, 0.6) is 28.7 Å². The van der Waals surface area contributed by atoms with Gasteiger partial charge in [-0.1, -0.05) is 97.1 Å². The van der Waals surface area contributed by atoms with E-state index >= 15 is 0 Å². The summed E-state index contributed by atoms with van der Waals surface area (Å²) in [5.74, 6) is -4.34. The highest BCUT2D eigenvalue weighted by Gasteiger charge is 2.27. The zero-order chi connectivity index (χ0) is 37.8. The van der Waals surface area contributed by atoms with Gasteiger partial charge in [0.25, 0.3) is 0 Å². The summed E-state index contributed by atoms with van der Waals surface area (Å²) in [7, 11) is 0. The number of fused-ring (bicyclic) bond motifs is 9. The van der Waals surface area contributed by atoms with Crippen LogP contribution in [0.4, 0.5) is 0 Å². The second kappa shape index (κ2) is 11.8. The summed E-state index contributed by atoms with van der Waals surface area (Å²) in [6.45, 7) is 0. The first-order valence-corrected chi connectivity index (χ1v) is 19.0. The summed E-state index contributed by atoms with van der Waals surface area (Å²) in [6.07, 6.45) is 0. The normalized spacial score (nSPS) is 11.9. The van der Waals surface area contributed by atoms with Crippen LogP contribution in [0.2, 0.25) is 0 Å². The molecule has 0 aliphatic carbocycles. The topological polar surface area (TPSA) is 111 Å². The summed E-state index contributed by atoms with van der Waals surface area (Å²) < 4.78 is 6.04. The Morgan fingerprint density at radius 3 is 1.27 bits per heavy atom. The zero-order valence-corrected chi connectivity index (χ0v) is 30.3. The molecule has 11 rings (SSSR count). The molecule has 0 saturated carbocycles. The molecule has 0 atom stereocenters. The maximum atomic E-state index is 11.1. The van der Waals surface area contributed by atoms with E-state index in [1.165, 1.54) is 0 Å². The van der Waals surface area contributed by atoms with Crippen LogP contribution in [0.15, 0.2) is 152 Å². The lowest BCUT2D eigenvalue weighted by atomic mass is 9.98. The fourth-order valence-electron chi connectivity index (χ4n) is 8.44. The summed E-state index contributed by atoms with van der Waals surface area (Å²) >= 11 is 1.65. The Balaban J connectivity index is 1.20. The van der Waals surface area contributed by atoms with Crippen LogP contribution in [-0.4, -0.2) is 34.7 Å². The van der Waals surface area contributed by atoms with Crippen molar-refractivity contribution in [3.8, 4) is 62.4 Å². The number of hydrogen-bond donors (Lipinski definition) is 5. The Kier molecular flexibility index (Phi) is 6.75. The van der Waals surface area contributed by atoms with Gasteiger partial charge in [0.1, 0.15) is 5.69 Å². The summed E-state index contributed by atoms with van der Waals surface area (Å²) in [6, 6.07) is 52.5. The van der Waals surface area contributed by atoms with E-state index in [1.807, 2.05) is 42.5 Å². The fraction of sp³-hybridized carbons (Fsp3) is 0. The third-order valence-electron chi connectivity index (χ3n) is 11.0. The van der Waals surface area contributed by atoms with Crippen LogP contribution in [-0.2, 0) is 0 Å². The first-order valence-electron chi connectivity index (χ1n) is 18.1. The lowest BCUT2D eigenvalue weighted by Gasteiger charge is -2.15. The molecule has 0 saturated heterocycles. The number of aromatic nitrogens is 2. The number of thiophene rings is 1. The lowest BCUT2D eigenvalue weighted by Crippen LogP contribution is -1.96. The smallest absolute Gasteiger partial charge is 0.208 e. The van der Waals surface area contributed by atoms with Gasteiger partial charge in [-0.05, 0) is 76.9 Å². The van der Waals surface area contributed by atoms with Gasteiger partial charge < -0.3 is 34.7 Å². The highest BCUT2D eigenvalue weighted by molar-refractivity contribution is 7.26. The van der Waals surface area contributed by atoms with Crippen LogP contribution in [0.1, 0.15) is 0 Å². The van der Waals surface area contributed by atoms with E-state index in [2.05, 4.69) is 114 Å². The molecule has 0 fully saturated rings. The maximum Gasteiger partial charge on any atom is 0.208 e. The number of benzene rings is 8. The van der Waals surface area contributed by atoms with Crippen molar-refractivity contribution in [3.05, 3.63) is 152 Å². The average Bonchev–Trinajstić information content (AvgIpc) is 3.87. The summed E-state index contributed by atoms with van der Waals surface area (Å²) in [5, 5.41) is 59.4. The van der Waals surface area contributed by atoms with E-state index in [0.717, 1.165) is 80.7 Å². The molecule has 0 radical (unpaired) electrons. The van der Waals surface area contributed by atoms with E-state index in [9.17, 15) is 25.5 Å². The third kappa shape index (κ3) is 4.50. The third-order valence-corrected chi connectivity index (χ3v) is 12.1. The van der Waals surface area contributed by atoms with Crippen molar-refractivity contribution in [2.24, 2.45) is 0 Å². The predicted octanol–water partition coefficient (Wildman–Crippen LogP) is 12.1. The summed E-state index contributed by atoms with van der Waals surface area (Å²) in [4.78, 5) is 0.